The standard InChI is InChI=1S/C13H21N3O/c1-13(2,3)15-12(16-14)9-10-5-7-11(17-4)8-6-10/h5-8H,9,14H2,1-4H3,(H,15,16). The van der Waals surface area contributed by atoms with Gasteiger partial charge in [0.05, 0.1) is 12.6 Å². The first kappa shape index (κ1) is 13.5. The molecule has 0 spiro atoms. The highest BCUT2D eigenvalue weighted by atomic mass is 16.5. The van der Waals surface area contributed by atoms with Gasteiger partial charge in [-0.2, -0.15) is 0 Å². The molecular weight excluding hydrogens is 214 g/mol. The molecule has 1 aromatic rings. The molecule has 0 bridgehead atoms. The van der Waals surface area contributed by atoms with Gasteiger partial charge in [-0.15, -0.1) is 0 Å². The lowest BCUT2D eigenvalue weighted by Gasteiger charge is -2.15. The summed E-state index contributed by atoms with van der Waals surface area (Å²) in [6, 6.07) is 7.88. The molecule has 0 heterocycles. The van der Waals surface area contributed by atoms with Gasteiger partial charge >= 0.3 is 0 Å². The van der Waals surface area contributed by atoms with E-state index in [9.17, 15) is 0 Å². The quantitative estimate of drug-likeness (QED) is 0.364. The molecule has 0 radical (unpaired) electrons. The molecule has 0 atom stereocenters. The molecule has 94 valence electrons. The normalized spacial score (nSPS) is 12.4. The summed E-state index contributed by atoms with van der Waals surface area (Å²) in [4.78, 5) is 4.51. The van der Waals surface area contributed by atoms with Crippen LogP contribution in [0.15, 0.2) is 29.3 Å². The molecule has 0 aromatic heterocycles. The molecule has 1 aromatic carbocycles. The molecule has 0 saturated carbocycles. The second-order valence-electron chi connectivity index (χ2n) is 4.90. The summed E-state index contributed by atoms with van der Waals surface area (Å²) in [5.74, 6) is 7.11. The number of rotatable bonds is 3. The molecule has 4 nitrogen and oxygen atoms in total. The van der Waals surface area contributed by atoms with Gasteiger partial charge in [-0.25, -0.2) is 5.84 Å². The van der Waals surface area contributed by atoms with Crippen molar-refractivity contribution in [2.75, 3.05) is 7.11 Å². The molecule has 0 amide bonds. The number of aliphatic imine (C=N–C) groups is 1. The Labute approximate surface area is 103 Å². The number of nitrogens with one attached hydrogen (secondary N) is 1. The van der Waals surface area contributed by atoms with Crippen LogP contribution in [0.2, 0.25) is 0 Å². The maximum absolute atomic E-state index is 5.48. The Balaban J connectivity index is 2.77. The van der Waals surface area contributed by atoms with Gasteiger partial charge in [0.25, 0.3) is 0 Å². The van der Waals surface area contributed by atoms with Crippen molar-refractivity contribution in [1.29, 1.82) is 0 Å². The summed E-state index contributed by atoms with van der Waals surface area (Å²) in [5.41, 5.74) is 3.67. The third kappa shape index (κ3) is 4.87. The number of benzene rings is 1. The van der Waals surface area contributed by atoms with Crippen molar-refractivity contribution in [3.05, 3.63) is 29.8 Å². The summed E-state index contributed by atoms with van der Waals surface area (Å²) >= 11 is 0. The summed E-state index contributed by atoms with van der Waals surface area (Å²) < 4.78 is 5.11. The van der Waals surface area contributed by atoms with Gasteiger partial charge in [0.15, 0.2) is 0 Å². The van der Waals surface area contributed by atoms with Crippen molar-refractivity contribution in [1.82, 2.24) is 5.43 Å². The summed E-state index contributed by atoms with van der Waals surface area (Å²) in [7, 11) is 1.66. The van der Waals surface area contributed by atoms with E-state index in [0.29, 0.717) is 6.42 Å². The van der Waals surface area contributed by atoms with Crippen molar-refractivity contribution >= 4 is 5.84 Å². The van der Waals surface area contributed by atoms with Crippen LogP contribution in [0.25, 0.3) is 0 Å². The number of ether oxygens (including phenoxy) is 1. The molecule has 17 heavy (non-hydrogen) atoms. The van der Waals surface area contributed by atoms with Gasteiger partial charge in [0.2, 0.25) is 0 Å². The molecule has 3 N–H and O–H groups in total. The molecule has 0 saturated heterocycles. The molecule has 4 heteroatoms. The van der Waals surface area contributed by atoms with E-state index >= 15 is 0 Å². The highest BCUT2D eigenvalue weighted by Crippen LogP contribution is 2.13. The number of methoxy groups -OCH3 is 1. The van der Waals surface area contributed by atoms with Crippen molar-refractivity contribution in [3.63, 3.8) is 0 Å². The van der Waals surface area contributed by atoms with Gasteiger partial charge in [-0.05, 0) is 38.5 Å². The molecule has 0 aliphatic rings. The van der Waals surface area contributed by atoms with Crippen molar-refractivity contribution in [2.24, 2.45) is 10.8 Å². The summed E-state index contributed by atoms with van der Waals surface area (Å²) in [5, 5.41) is 0. The SMILES string of the molecule is COc1ccc(CC(=NC(C)(C)C)NN)cc1. The van der Waals surface area contributed by atoms with E-state index in [2.05, 4.69) is 10.4 Å². The molecular formula is C13H21N3O. The van der Waals surface area contributed by atoms with Crippen molar-refractivity contribution < 1.29 is 4.74 Å². The first-order valence-corrected chi connectivity index (χ1v) is 5.63. The van der Waals surface area contributed by atoms with Crippen LogP contribution in [-0.4, -0.2) is 18.5 Å². The van der Waals surface area contributed by atoms with Crippen LogP contribution in [-0.2, 0) is 6.42 Å². The van der Waals surface area contributed by atoms with Crippen molar-refractivity contribution in [3.8, 4) is 5.75 Å². The Bertz CT molecular complexity index is 377. The second kappa shape index (κ2) is 5.68. The average molecular weight is 235 g/mol. The molecule has 1 rings (SSSR count). The van der Waals surface area contributed by atoms with Crippen molar-refractivity contribution in [2.45, 2.75) is 32.7 Å². The van der Waals surface area contributed by atoms with Gasteiger partial charge in [0.1, 0.15) is 11.6 Å². The summed E-state index contributed by atoms with van der Waals surface area (Å²) in [6.07, 6.45) is 0.692. The predicted octanol–water partition coefficient (Wildman–Crippen LogP) is 1.90. The van der Waals surface area contributed by atoms with Gasteiger partial charge in [-0.1, -0.05) is 12.1 Å². The molecule has 0 aliphatic heterocycles. The lowest BCUT2D eigenvalue weighted by molar-refractivity contribution is 0.414. The first-order chi connectivity index (χ1) is 7.94. The van der Waals surface area contributed by atoms with Crippen LogP contribution < -0.4 is 16.0 Å². The number of nitrogens with zero attached hydrogens (tertiary/aromatic N) is 1. The summed E-state index contributed by atoms with van der Waals surface area (Å²) in [6.45, 7) is 6.12. The Morgan fingerprint density at radius 2 is 1.88 bits per heavy atom. The van der Waals surface area contributed by atoms with Crippen LogP contribution >= 0.6 is 0 Å². The largest absolute Gasteiger partial charge is 0.497 e. The third-order valence-corrected chi connectivity index (χ3v) is 2.17. The number of nitrogens with two attached hydrogens (primary N) is 1. The minimum Gasteiger partial charge on any atom is -0.497 e. The van der Waals surface area contributed by atoms with Gasteiger partial charge in [0, 0.05) is 6.42 Å². The predicted molar refractivity (Wildman–Crippen MR) is 71.2 cm³/mol. The van der Waals surface area contributed by atoms with Crippen LogP contribution in [0.1, 0.15) is 26.3 Å². The Morgan fingerprint density at radius 1 is 1.29 bits per heavy atom. The number of hydrazine groups is 1. The highest BCUT2D eigenvalue weighted by Gasteiger charge is 2.09. The fourth-order valence-corrected chi connectivity index (χ4v) is 1.46. The zero-order valence-electron chi connectivity index (χ0n) is 10.9. The maximum atomic E-state index is 5.48. The third-order valence-electron chi connectivity index (χ3n) is 2.17. The Hall–Kier alpha value is -1.55. The number of hydrogen-bond donors (Lipinski definition) is 2. The average Bonchev–Trinajstić information content (AvgIpc) is 2.27. The van der Waals surface area contributed by atoms with Crippen LogP contribution in [0, 0.1) is 0 Å². The highest BCUT2D eigenvalue weighted by molar-refractivity contribution is 5.84. The van der Waals surface area contributed by atoms with E-state index in [1.54, 1.807) is 7.11 Å². The second-order valence-corrected chi connectivity index (χ2v) is 4.90. The van der Waals surface area contributed by atoms with Crippen LogP contribution in [0.4, 0.5) is 0 Å². The van der Waals surface area contributed by atoms with Crippen LogP contribution in [0.5, 0.6) is 5.75 Å². The van der Waals surface area contributed by atoms with E-state index in [1.807, 2.05) is 45.0 Å². The topological polar surface area (TPSA) is 59.6 Å². The van der Waals surface area contributed by atoms with E-state index in [4.69, 9.17) is 10.6 Å². The maximum Gasteiger partial charge on any atom is 0.118 e. The zero-order chi connectivity index (χ0) is 12.9. The lowest BCUT2D eigenvalue weighted by atomic mass is 10.1. The zero-order valence-corrected chi connectivity index (χ0v) is 10.9. The monoisotopic (exact) mass is 235 g/mol. The van der Waals surface area contributed by atoms with E-state index < -0.39 is 0 Å². The fourth-order valence-electron chi connectivity index (χ4n) is 1.46. The molecule has 0 aliphatic carbocycles. The minimum atomic E-state index is -0.131. The lowest BCUT2D eigenvalue weighted by Crippen LogP contribution is -2.34. The molecule has 0 fully saturated rings. The first-order valence-electron chi connectivity index (χ1n) is 5.63. The molecule has 0 unspecified atom stereocenters. The van der Waals surface area contributed by atoms with Gasteiger partial charge in [-0.3, -0.25) is 4.99 Å². The van der Waals surface area contributed by atoms with E-state index in [0.717, 1.165) is 17.1 Å². The van der Waals surface area contributed by atoms with Gasteiger partial charge < -0.3 is 10.2 Å². The number of hydrogen-bond acceptors (Lipinski definition) is 3. The smallest absolute Gasteiger partial charge is 0.118 e. The van der Waals surface area contributed by atoms with E-state index in [1.165, 1.54) is 0 Å². The van der Waals surface area contributed by atoms with Crippen LogP contribution in [0.3, 0.4) is 0 Å². The Kier molecular flexibility index (Phi) is 4.52. The minimum absolute atomic E-state index is 0.131. The fraction of sp³-hybridized carbons (Fsp3) is 0.462. The van der Waals surface area contributed by atoms with E-state index in [-0.39, 0.29) is 5.54 Å². The Morgan fingerprint density at radius 3 is 2.29 bits per heavy atom. The number of amidine groups is 1.